The zero-order valence-electron chi connectivity index (χ0n) is 12.4. The van der Waals surface area contributed by atoms with Crippen molar-refractivity contribution in [2.24, 2.45) is 0 Å². The van der Waals surface area contributed by atoms with Gasteiger partial charge in [-0.25, -0.2) is 0 Å². The number of rotatable bonds is 6. The molecule has 1 aromatic carbocycles. The average molecular weight is 342 g/mol. The number of nitrogens with one attached hydrogen (secondary N) is 1. The highest BCUT2D eigenvalue weighted by Gasteiger charge is 2.16. The number of benzene rings is 1. The molecule has 1 heterocycles. The molecule has 3 nitrogen and oxygen atoms in total. The number of aryl methyl sites for hydroxylation is 1. The van der Waals surface area contributed by atoms with Crippen LogP contribution in [-0.2, 0) is 11.3 Å². The van der Waals surface area contributed by atoms with E-state index in [9.17, 15) is 0 Å². The van der Waals surface area contributed by atoms with Crippen LogP contribution in [0.5, 0.6) is 5.75 Å². The van der Waals surface area contributed by atoms with Gasteiger partial charge in [0, 0.05) is 23.2 Å². The second-order valence-electron chi connectivity index (χ2n) is 5.29. The summed E-state index contributed by atoms with van der Waals surface area (Å²) >= 11 is 3.56. The van der Waals surface area contributed by atoms with Crippen molar-refractivity contribution >= 4 is 15.9 Å². The van der Waals surface area contributed by atoms with E-state index in [0.29, 0.717) is 6.61 Å². The van der Waals surface area contributed by atoms with Crippen molar-refractivity contribution in [1.82, 2.24) is 5.32 Å². The summed E-state index contributed by atoms with van der Waals surface area (Å²) in [7, 11) is 0. The van der Waals surface area contributed by atoms with Crippen LogP contribution in [0.15, 0.2) is 16.6 Å². The van der Waals surface area contributed by atoms with Gasteiger partial charge in [0.2, 0.25) is 0 Å². The van der Waals surface area contributed by atoms with Gasteiger partial charge >= 0.3 is 0 Å². The van der Waals surface area contributed by atoms with E-state index in [0.717, 1.165) is 36.3 Å². The minimum atomic E-state index is 0.249. The minimum absolute atomic E-state index is 0.249. The lowest BCUT2D eigenvalue weighted by atomic mass is 10.1. The molecular weight excluding hydrogens is 318 g/mol. The lowest BCUT2D eigenvalue weighted by Gasteiger charge is -2.24. The van der Waals surface area contributed by atoms with Crippen molar-refractivity contribution in [3.8, 4) is 5.75 Å². The van der Waals surface area contributed by atoms with E-state index < -0.39 is 0 Å². The van der Waals surface area contributed by atoms with E-state index in [1.807, 2.05) is 0 Å². The molecule has 4 heteroatoms. The second-order valence-corrected chi connectivity index (χ2v) is 6.21. The summed E-state index contributed by atoms with van der Waals surface area (Å²) < 4.78 is 12.9. The molecule has 0 bridgehead atoms. The van der Waals surface area contributed by atoms with Crippen LogP contribution in [0.1, 0.15) is 37.3 Å². The van der Waals surface area contributed by atoms with E-state index in [1.54, 1.807) is 0 Å². The summed E-state index contributed by atoms with van der Waals surface area (Å²) in [5.41, 5.74) is 2.37. The van der Waals surface area contributed by atoms with Crippen LogP contribution in [0.4, 0.5) is 0 Å². The van der Waals surface area contributed by atoms with Crippen LogP contribution in [0.25, 0.3) is 0 Å². The molecule has 1 unspecified atom stereocenters. The molecule has 0 radical (unpaired) electrons. The van der Waals surface area contributed by atoms with Crippen molar-refractivity contribution < 1.29 is 9.47 Å². The SMILES string of the molecule is CCNCc1cc(Br)cc(C)c1OCC1CCCCO1. The highest BCUT2D eigenvalue weighted by molar-refractivity contribution is 9.10. The molecule has 2 rings (SSSR count). The molecule has 112 valence electrons. The Bertz CT molecular complexity index is 431. The van der Waals surface area contributed by atoms with Crippen molar-refractivity contribution in [3.63, 3.8) is 0 Å². The first-order chi connectivity index (χ1) is 9.70. The molecule has 1 atom stereocenters. The quantitative estimate of drug-likeness (QED) is 0.853. The number of ether oxygens (including phenoxy) is 2. The van der Waals surface area contributed by atoms with Crippen LogP contribution >= 0.6 is 15.9 Å². The minimum Gasteiger partial charge on any atom is -0.490 e. The second kappa shape index (κ2) is 8.01. The van der Waals surface area contributed by atoms with Gasteiger partial charge in [-0.2, -0.15) is 0 Å². The molecular formula is C16H24BrNO2. The zero-order valence-corrected chi connectivity index (χ0v) is 14.0. The monoisotopic (exact) mass is 341 g/mol. The molecule has 0 aliphatic carbocycles. The highest BCUT2D eigenvalue weighted by Crippen LogP contribution is 2.29. The Morgan fingerprint density at radius 1 is 1.40 bits per heavy atom. The van der Waals surface area contributed by atoms with E-state index in [4.69, 9.17) is 9.47 Å². The van der Waals surface area contributed by atoms with Crippen LogP contribution < -0.4 is 10.1 Å². The summed E-state index contributed by atoms with van der Waals surface area (Å²) in [5, 5.41) is 3.37. The third-order valence-electron chi connectivity index (χ3n) is 3.57. The number of hydrogen-bond acceptors (Lipinski definition) is 3. The van der Waals surface area contributed by atoms with Crippen molar-refractivity contribution in [2.75, 3.05) is 19.8 Å². The fourth-order valence-electron chi connectivity index (χ4n) is 2.51. The van der Waals surface area contributed by atoms with Gasteiger partial charge in [0.15, 0.2) is 0 Å². The maximum absolute atomic E-state index is 6.07. The first-order valence-corrected chi connectivity index (χ1v) is 8.24. The fourth-order valence-corrected chi connectivity index (χ4v) is 3.13. The third kappa shape index (κ3) is 4.47. The molecule has 1 aliphatic heterocycles. The predicted molar refractivity (Wildman–Crippen MR) is 85.3 cm³/mol. The molecule has 1 aliphatic rings. The summed E-state index contributed by atoms with van der Waals surface area (Å²) in [6.07, 6.45) is 3.79. The largest absolute Gasteiger partial charge is 0.490 e. The fraction of sp³-hybridized carbons (Fsp3) is 0.625. The molecule has 0 amide bonds. The van der Waals surface area contributed by atoms with E-state index in [2.05, 4.69) is 47.2 Å². The maximum Gasteiger partial charge on any atom is 0.126 e. The summed E-state index contributed by atoms with van der Waals surface area (Å²) in [5.74, 6) is 1.00. The van der Waals surface area contributed by atoms with Crippen molar-refractivity contribution in [2.45, 2.75) is 45.8 Å². The number of halogens is 1. The molecule has 1 aromatic rings. The molecule has 0 saturated carbocycles. The topological polar surface area (TPSA) is 30.5 Å². The highest BCUT2D eigenvalue weighted by atomic mass is 79.9. The van der Waals surface area contributed by atoms with E-state index in [-0.39, 0.29) is 6.10 Å². The van der Waals surface area contributed by atoms with Gasteiger partial charge in [0.05, 0.1) is 6.10 Å². The standard InChI is InChI=1S/C16H24BrNO2/c1-3-18-10-13-9-14(17)8-12(2)16(13)20-11-15-6-4-5-7-19-15/h8-9,15,18H,3-7,10-11H2,1-2H3. The normalized spacial score (nSPS) is 19.1. The lowest BCUT2D eigenvalue weighted by molar-refractivity contribution is -0.0113. The lowest BCUT2D eigenvalue weighted by Crippen LogP contribution is -2.26. The zero-order chi connectivity index (χ0) is 14.4. The first-order valence-electron chi connectivity index (χ1n) is 7.45. The smallest absolute Gasteiger partial charge is 0.126 e. The van der Waals surface area contributed by atoms with Crippen LogP contribution in [0.3, 0.4) is 0 Å². The Labute approximate surface area is 130 Å². The Morgan fingerprint density at radius 3 is 2.95 bits per heavy atom. The van der Waals surface area contributed by atoms with Gasteiger partial charge in [0.1, 0.15) is 12.4 Å². The maximum atomic E-state index is 6.07. The molecule has 1 fully saturated rings. The van der Waals surface area contributed by atoms with Crippen LogP contribution in [-0.4, -0.2) is 25.9 Å². The van der Waals surface area contributed by atoms with Crippen molar-refractivity contribution in [1.29, 1.82) is 0 Å². The van der Waals surface area contributed by atoms with E-state index in [1.165, 1.54) is 24.0 Å². The molecule has 0 aromatic heterocycles. The number of hydrogen-bond donors (Lipinski definition) is 1. The van der Waals surface area contributed by atoms with Gasteiger partial charge in [-0.3, -0.25) is 0 Å². The Kier molecular flexibility index (Phi) is 6.33. The van der Waals surface area contributed by atoms with Crippen molar-refractivity contribution in [3.05, 3.63) is 27.7 Å². The predicted octanol–water partition coefficient (Wildman–Crippen LogP) is 3.81. The molecule has 20 heavy (non-hydrogen) atoms. The van der Waals surface area contributed by atoms with E-state index >= 15 is 0 Å². The molecule has 1 N–H and O–H groups in total. The van der Waals surface area contributed by atoms with Crippen LogP contribution in [0, 0.1) is 6.92 Å². The first kappa shape index (κ1) is 15.8. The Hall–Kier alpha value is -0.580. The summed E-state index contributed by atoms with van der Waals surface area (Å²) in [6.45, 7) is 7.52. The molecule has 0 spiro atoms. The molecule has 1 saturated heterocycles. The average Bonchev–Trinajstić information content (AvgIpc) is 2.45. The van der Waals surface area contributed by atoms with Gasteiger partial charge < -0.3 is 14.8 Å². The Balaban J connectivity index is 2.04. The van der Waals surface area contributed by atoms with Gasteiger partial charge in [0.25, 0.3) is 0 Å². The van der Waals surface area contributed by atoms with Gasteiger partial charge in [-0.1, -0.05) is 22.9 Å². The van der Waals surface area contributed by atoms with Crippen LogP contribution in [0.2, 0.25) is 0 Å². The van der Waals surface area contributed by atoms with Gasteiger partial charge in [-0.05, 0) is 50.4 Å². The Morgan fingerprint density at radius 2 is 2.25 bits per heavy atom. The third-order valence-corrected chi connectivity index (χ3v) is 4.03. The summed E-state index contributed by atoms with van der Waals surface area (Å²) in [4.78, 5) is 0. The van der Waals surface area contributed by atoms with Gasteiger partial charge in [-0.15, -0.1) is 0 Å². The summed E-state index contributed by atoms with van der Waals surface area (Å²) in [6, 6.07) is 4.24.